The van der Waals surface area contributed by atoms with Gasteiger partial charge in [-0.2, -0.15) is 0 Å². The van der Waals surface area contributed by atoms with E-state index in [-0.39, 0.29) is 24.4 Å². The summed E-state index contributed by atoms with van der Waals surface area (Å²) in [6, 6.07) is 17.3. The second-order valence-corrected chi connectivity index (χ2v) is 8.46. The number of rotatable bonds is 3. The average molecular weight is 349 g/mol. The fourth-order valence-electron chi connectivity index (χ4n) is 3.97. The van der Waals surface area contributed by atoms with Crippen LogP contribution in [0.15, 0.2) is 48.5 Å². The zero-order chi connectivity index (χ0) is 18.4. The molecule has 2 aliphatic rings. The highest BCUT2D eigenvalue weighted by Crippen LogP contribution is 2.38. The summed E-state index contributed by atoms with van der Waals surface area (Å²) in [7, 11) is -0.312. The predicted molar refractivity (Wildman–Crippen MR) is 108 cm³/mol. The summed E-state index contributed by atoms with van der Waals surface area (Å²) in [6.45, 7) is 8.45. The quantitative estimate of drug-likeness (QED) is 0.829. The lowest BCUT2D eigenvalue weighted by Crippen LogP contribution is -2.41. The molecule has 4 heteroatoms. The van der Waals surface area contributed by atoms with E-state index in [0.717, 1.165) is 18.5 Å². The summed E-state index contributed by atoms with van der Waals surface area (Å²) < 4.78 is 12.7. The molecule has 26 heavy (non-hydrogen) atoms. The van der Waals surface area contributed by atoms with Crippen molar-refractivity contribution in [3.05, 3.63) is 59.7 Å². The van der Waals surface area contributed by atoms with E-state index in [1.807, 2.05) is 0 Å². The van der Waals surface area contributed by atoms with E-state index in [0.29, 0.717) is 0 Å². The zero-order valence-corrected chi connectivity index (χ0v) is 16.2. The molecule has 0 spiro atoms. The number of nitrogens with one attached hydrogen (secondary N) is 1. The normalized spacial score (nSPS) is 23.5. The Balaban J connectivity index is 1.70. The van der Waals surface area contributed by atoms with Crippen LogP contribution in [0.3, 0.4) is 0 Å². The van der Waals surface area contributed by atoms with Gasteiger partial charge in [0.25, 0.3) is 0 Å². The summed E-state index contributed by atoms with van der Waals surface area (Å²) >= 11 is 0. The molecule has 1 saturated heterocycles. The minimum absolute atomic E-state index is 0.288. The molecule has 1 atom stereocenters. The third kappa shape index (κ3) is 3.06. The maximum atomic E-state index is 6.36. The van der Waals surface area contributed by atoms with Crippen molar-refractivity contribution in [1.82, 2.24) is 0 Å². The smallest absolute Gasteiger partial charge is 0.399 e. The Morgan fingerprint density at radius 3 is 2.31 bits per heavy atom. The first-order chi connectivity index (χ1) is 12.4. The summed E-state index contributed by atoms with van der Waals surface area (Å²) in [5.41, 5.74) is 4.47. The number of aryl methyl sites for hydroxylation is 1. The highest BCUT2D eigenvalue weighted by molar-refractivity contribution is 6.62. The predicted octanol–water partition coefficient (Wildman–Crippen LogP) is 4.48. The Morgan fingerprint density at radius 1 is 0.923 bits per heavy atom. The lowest BCUT2D eigenvalue weighted by molar-refractivity contribution is 0.00578. The van der Waals surface area contributed by atoms with Crippen molar-refractivity contribution in [2.75, 3.05) is 5.32 Å². The number of para-hydroxylation sites is 1. The molecule has 1 aliphatic carbocycles. The van der Waals surface area contributed by atoms with E-state index in [4.69, 9.17) is 9.31 Å². The minimum Gasteiger partial charge on any atom is -0.399 e. The van der Waals surface area contributed by atoms with Gasteiger partial charge in [0, 0.05) is 5.69 Å². The van der Waals surface area contributed by atoms with E-state index in [2.05, 4.69) is 81.5 Å². The van der Waals surface area contributed by atoms with Gasteiger partial charge in [-0.25, -0.2) is 0 Å². The molecule has 0 aromatic heterocycles. The highest BCUT2D eigenvalue weighted by Gasteiger charge is 2.52. The van der Waals surface area contributed by atoms with Crippen LogP contribution in [0.2, 0.25) is 0 Å². The second-order valence-electron chi connectivity index (χ2n) is 8.46. The van der Waals surface area contributed by atoms with Gasteiger partial charge in [-0.15, -0.1) is 0 Å². The van der Waals surface area contributed by atoms with Crippen molar-refractivity contribution >= 4 is 18.3 Å². The molecule has 0 amide bonds. The van der Waals surface area contributed by atoms with Gasteiger partial charge in [-0.1, -0.05) is 36.4 Å². The van der Waals surface area contributed by atoms with Gasteiger partial charge in [0.2, 0.25) is 0 Å². The van der Waals surface area contributed by atoms with Crippen molar-refractivity contribution in [3.8, 4) is 0 Å². The molecule has 0 bridgehead atoms. The Labute approximate surface area is 157 Å². The first-order valence-electron chi connectivity index (χ1n) is 9.66. The van der Waals surface area contributed by atoms with E-state index < -0.39 is 0 Å². The monoisotopic (exact) mass is 349 g/mol. The van der Waals surface area contributed by atoms with Crippen molar-refractivity contribution in [1.29, 1.82) is 0 Å². The summed E-state index contributed by atoms with van der Waals surface area (Å²) in [5.74, 6) is 0. The van der Waals surface area contributed by atoms with Crippen molar-refractivity contribution in [2.24, 2.45) is 0 Å². The maximum Gasteiger partial charge on any atom is 0.495 e. The van der Waals surface area contributed by atoms with Gasteiger partial charge in [-0.05, 0) is 75.7 Å². The molecule has 136 valence electrons. The van der Waals surface area contributed by atoms with Crippen LogP contribution in [0, 0.1) is 0 Å². The van der Waals surface area contributed by atoms with Crippen molar-refractivity contribution < 1.29 is 9.31 Å². The first-order valence-corrected chi connectivity index (χ1v) is 9.66. The molecule has 4 rings (SSSR count). The van der Waals surface area contributed by atoms with E-state index in [1.165, 1.54) is 23.0 Å². The van der Waals surface area contributed by atoms with Crippen LogP contribution < -0.4 is 10.8 Å². The van der Waals surface area contributed by atoms with Gasteiger partial charge in [-0.3, -0.25) is 0 Å². The zero-order valence-electron chi connectivity index (χ0n) is 16.2. The first kappa shape index (κ1) is 17.6. The van der Waals surface area contributed by atoms with E-state index in [1.54, 1.807) is 0 Å². The minimum atomic E-state index is -0.322. The Kier molecular flexibility index (Phi) is 4.36. The fraction of sp³-hybridized carbons (Fsp3) is 0.455. The standard InChI is InChI=1S/C22H28BNO2/c1-21(2)22(3,4)26-23(25-21)18-14-8-10-16-11-9-15-19(20(16)18)24-17-12-6-5-7-13-17/h5-8,10,12-14,19,24H,9,11,15H2,1-4H3. The Hall–Kier alpha value is -1.78. The van der Waals surface area contributed by atoms with E-state index >= 15 is 0 Å². The third-order valence-corrected chi connectivity index (χ3v) is 6.14. The molecule has 0 saturated carbocycles. The second kappa shape index (κ2) is 6.43. The van der Waals surface area contributed by atoms with Gasteiger partial charge < -0.3 is 14.6 Å². The summed E-state index contributed by atoms with van der Waals surface area (Å²) in [6.07, 6.45) is 3.44. The fourth-order valence-corrected chi connectivity index (χ4v) is 3.97. The van der Waals surface area contributed by atoms with Crippen molar-refractivity contribution in [3.63, 3.8) is 0 Å². The van der Waals surface area contributed by atoms with Gasteiger partial charge in [0.15, 0.2) is 0 Å². The molecule has 1 fully saturated rings. The molecule has 1 unspecified atom stereocenters. The molecule has 1 aliphatic heterocycles. The lowest BCUT2D eigenvalue weighted by Gasteiger charge is -2.32. The molecule has 1 heterocycles. The molecule has 2 aromatic rings. The molecule has 2 aromatic carbocycles. The average Bonchev–Trinajstić information content (AvgIpc) is 2.83. The summed E-state index contributed by atoms with van der Waals surface area (Å²) in [5, 5.41) is 3.73. The number of hydrogen-bond donors (Lipinski definition) is 1. The maximum absolute atomic E-state index is 6.36. The molecule has 1 N–H and O–H groups in total. The topological polar surface area (TPSA) is 30.5 Å². The largest absolute Gasteiger partial charge is 0.495 e. The number of anilines is 1. The van der Waals surface area contributed by atoms with Crippen LogP contribution in [-0.4, -0.2) is 18.3 Å². The molecule has 0 radical (unpaired) electrons. The summed E-state index contributed by atoms with van der Waals surface area (Å²) in [4.78, 5) is 0. The van der Waals surface area contributed by atoms with Crippen molar-refractivity contribution in [2.45, 2.75) is 64.2 Å². The van der Waals surface area contributed by atoms with Gasteiger partial charge >= 0.3 is 7.12 Å². The highest BCUT2D eigenvalue weighted by atomic mass is 16.7. The van der Waals surface area contributed by atoms with Crippen LogP contribution in [0.25, 0.3) is 0 Å². The Morgan fingerprint density at radius 2 is 1.62 bits per heavy atom. The van der Waals surface area contributed by atoms with Crippen LogP contribution in [0.4, 0.5) is 5.69 Å². The lowest BCUT2D eigenvalue weighted by atomic mass is 9.70. The SMILES string of the molecule is CC1(C)OB(c2cccc3c2C(Nc2ccccc2)CCC3)OC1(C)C. The van der Waals surface area contributed by atoms with Crippen LogP contribution in [-0.2, 0) is 15.7 Å². The van der Waals surface area contributed by atoms with Gasteiger partial charge in [0.1, 0.15) is 0 Å². The van der Waals surface area contributed by atoms with E-state index in [9.17, 15) is 0 Å². The molecule has 3 nitrogen and oxygen atoms in total. The van der Waals surface area contributed by atoms with Crippen LogP contribution >= 0.6 is 0 Å². The van der Waals surface area contributed by atoms with Crippen LogP contribution in [0.1, 0.15) is 57.7 Å². The molecular formula is C22H28BNO2. The Bertz CT molecular complexity index is 772. The third-order valence-electron chi connectivity index (χ3n) is 6.14. The number of benzene rings is 2. The molecular weight excluding hydrogens is 321 g/mol. The number of fused-ring (bicyclic) bond motifs is 1. The number of hydrogen-bond acceptors (Lipinski definition) is 3. The van der Waals surface area contributed by atoms with Gasteiger partial charge in [0.05, 0.1) is 17.2 Å². The van der Waals surface area contributed by atoms with Crippen LogP contribution in [0.5, 0.6) is 0 Å².